The number of benzene rings is 2. The van der Waals surface area contributed by atoms with Crippen molar-refractivity contribution < 1.29 is 19.1 Å². The number of nitrogens with two attached hydrogens (primary N) is 1. The zero-order valence-corrected chi connectivity index (χ0v) is 12.9. The van der Waals surface area contributed by atoms with Gasteiger partial charge in [0.1, 0.15) is 0 Å². The lowest BCUT2D eigenvalue weighted by atomic mass is 10.2. The van der Waals surface area contributed by atoms with Crippen LogP contribution in [0.25, 0.3) is 11.0 Å². The molecule has 0 aliphatic heterocycles. The molecule has 2 aromatic carbocycles. The third kappa shape index (κ3) is 3.17. The Labute approximate surface area is 131 Å². The van der Waals surface area contributed by atoms with Gasteiger partial charge in [-0.15, -0.1) is 0 Å². The number of hydrogen-bond donors (Lipinski definition) is 3. The Bertz CT molecular complexity index is 928. The highest BCUT2D eigenvalue weighted by Crippen LogP contribution is 2.32. The average Bonchev–Trinajstić information content (AvgIpc) is 2.89. The van der Waals surface area contributed by atoms with E-state index in [2.05, 4.69) is 4.98 Å². The topological polar surface area (TPSA) is 118 Å². The molecule has 3 aromatic rings. The average molecular weight is 331 g/mol. The fraction of sp³-hybridized carbons (Fsp3) is 0.0667. The Kier molecular flexibility index (Phi) is 3.77. The summed E-state index contributed by atoms with van der Waals surface area (Å²) in [5.74, 6) is -0.505. The molecule has 4 N–H and O–H groups in total. The van der Waals surface area contributed by atoms with E-state index in [0.29, 0.717) is 17.6 Å². The van der Waals surface area contributed by atoms with Crippen molar-refractivity contribution in [3.63, 3.8) is 0 Å². The Balaban J connectivity index is 1.90. The van der Waals surface area contributed by atoms with E-state index in [-0.39, 0.29) is 5.30 Å². The molecule has 0 aliphatic carbocycles. The Hall–Kier alpha value is -2.47. The van der Waals surface area contributed by atoms with E-state index in [1.165, 1.54) is 12.1 Å². The number of amides is 1. The lowest BCUT2D eigenvalue weighted by Crippen LogP contribution is -2.10. The van der Waals surface area contributed by atoms with Crippen LogP contribution in [0.4, 0.5) is 0 Å². The van der Waals surface area contributed by atoms with Gasteiger partial charge in [-0.2, -0.15) is 0 Å². The molecule has 0 fully saturated rings. The van der Waals surface area contributed by atoms with Crippen molar-refractivity contribution in [2.45, 2.75) is 6.54 Å². The number of fused-ring (bicyclic) bond motifs is 1. The highest BCUT2D eigenvalue weighted by Gasteiger charge is 2.16. The first-order chi connectivity index (χ1) is 10.8. The molecular weight excluding hydrogens is 317 g/mol. The lowest BCUT2D eigenvalue weighted by Gasteiger charge is -2.07. The minimum absolute atomic E-state index is 0.0113. The normalized spacial score (nSPS) is 11.7. The van der Waals surface area contributed by atoms with E-state index in [1.54, 1.807) is 36.7 Å². The van der Waals surface area contributed by atoms with Crippen molar-refractivity contribution >= 4 is 29.8 Å². The number of hydrogen-bond acceptors (Lipinski definition) is 3. The van der Waals surface area contributed by atoms with Gasteiger partial charge in [-0.25, -0.2) is 4.98 Å². The zero-order valence-electron chi connectivity index (χ0n) is 12.0. The molecule has 3 rings (SSSR count). The maximum Gasteiger partial charge on any atom is 0.356 e. The van der Waals surface area contributed by atoms with Crippen LogP contribution in [0.2, 0.25) is 0 Å². The summed E-state index contributed by atoms with van der Waals surface area (Å²) in [6.07, 6.45) is 1.65. The van der Waals surface area contributed by atoms with Crippen LogP contribution in [-0.4, -0.2) is 25.2 Å². The zero-order chi connectivity index (χ0) is 16.6. The molecule has 0 spiro atoms. The van der Waals surface area contributed by atoms with Crippen LogP contribution in [0.5, 0.6) is 0 Å². The van der Waals surface area contributed by atoms with E-state index < -0.39 is 13.5 Å². The van der Waals surface area contributed by atoms with Gasteiger partial charge in [0.15, 0.2) is 0 Å². The van der Waals surface area contributed by atoms with Crippen molar-refractivity contribution in [3.8, 4) is 0 Å². The Morgan fingerprint density at radius 1 is 1.17 bits per heavy atom. The molecule has 1 amide bonds. The highest BCUT2D eigenvalue weighted by atomic mass is 31.2. The van der Waals surface area contributed by atoms with Crippen LogP contribution in [-0.2, 0) is 11.1 Å². The van der Waals surface area contributed by atoms with Gasteiger partial charge in [0.05, 0.1) is 22.7 Å². The Morgan fingerprint density at radius 3 is 2.48 bits per heavy atom. The van der Waals surface area contributed by atoms with Gasteiger partial charge in [-0.3, -0.25) is 9.36 Å². The number of nitrogens with zero attached hydrogens (tertiary/aromatic N) is 2. The van der Waals surface area contributed by atoms with Crippen LogP contribution in [0.15, 0.2) is 48.8 Å². The van der Waals surface area contributed by atoms with E-state index >= 15 is 0 Å². The molecule has 0 unspecified atom stereocenters. The number of rotatable bonds is 4. The molecule has 1 heterocycles. The fourth-order valence-electron chi connectivity index (χ4n) is 2.34. The number of carbonyl (C=O) groups is 1. The number of primary amides is 1. The van der Waals surface area contributed by atoms with Gasteiger partial charge in [-0.05, 0) is 35.9 Å². The first-order valence-corrected chi connectivity index (χ1v) is 8.35. The summed E-state index contributed by atoms with van der Waals surface area (Å²) in [4.78, 5) is 33.6. The molecule has 0 aliphatic rings. The minimum Gasteiger partial charge on any atom is -0.366 e. The number of aromatic nitrogens is 2. The van der Waals surface area contributed by atoms with Crippen molar-refractivity contribution in [3.05, 3.63) is 59.9 Å². The second kappa shape index (κ2) is 5.62. The van der Waals surface area contributed by atoms with E-state index in [4.69, 9.17) is 15.5 Å². The maximum absolute atomic E-state index is 11.2. The summed E-state index contributed by atoms with van der Waals surface area (Å²) in [5, 5.41) is -0.0113. The number of imidazole rings is 1. The molecule has 8 heteroatoms. The SMILES string of the molecule is NC(=O)c1ccc2c(c1)ncn2Cc1ccc(P(=O)(O)O)cc1. The first kappa shape index (κ1) is 15.4. The molecule has 0 saturated carbocycles. The molecule has 0 bridgehead atoms. The predicted octanol–water partition coefficient (Wildman–Crippen LogP) is 0.986. The number of carbonyl (C=O) groups excluding carboxylic acids is 1. The summed E-state index contributed by atoms with van der Waals surface area (Å²) >= 11 is 0. The third-order valence-electron chi connectivity index (χ3n) is 3.53. The van der Waals surface area contributed by atoms with Crippen LogP contribution in [0.3, 0.4) is 0 Å². The first-order valence-electron chi connectivity index (χ1n) is 6.74. The second-order valence-corrected chi connectivity index (χ2v) is 6.76. The monoisotopic (exact) mass is 331 g/mol. The van der Waals surface area contributed by atoms with Crippen molar-refractivity contribution in [2.24, 2.45) is 5.73 Å². The highest BCUT2D eigenvalue weighted by molar-refractivity contribution is 7.60. The van der Waals surface area contributed by atoms with Gasteiger partial charge >= 0.3 is 7.60 Å². The van der Waals surface area contributed by atoms with E-state index in [1.807, 2.05) is 4.57 Å². The van der Waals surface area contributed by atoms with Gasteiger partial charge in [0.2, 0.25) is 5.91 Å². The fourth-order valence-corrected chi connectivity index (χ4v) is 2.87. The Morgan fingerprint density at radius 2 is 1.87 bits per heavy atom. The van der Waals surface area contributed by atoms with Gasteiger partial charge in [0, 0.05) is 12.1 Å². The molecule has 118 valence electrons. The lowest BCUT2D eigenvalue weighted by molar-refractivity contribution is 0.100. The second-order valence-electron chi connectivity index (χ2n) is 5.15. The molecule has 0 atom stereocenters. The van der Waals surface area contributed by atoms with Crippen LogP contribution in [0, 0.1) is 0 Å². The van der Waals surface area contributed by atoms with Crippen molar-refractivity contribution in [2.75, 3.05) is 0 Å². The maximum atomic E-state index is 11.2. The third-order valence-corrected chi connectivity index (χ3v) is 4.50. The smallest absolute Gasteiger partial charge is 0.356 e. The molecule has 7 nitrogen and oxygen atoms in total. The van der Waals surface area contributed by atoms with Gasteiger partial charge in [0.25, 0.3) is 0 Å². The standard InChI is InChI=1S/C15H14N3O4P/c16-15(19)11-3-6-14-13(7-11)17-9-18(14)8-10-1-4-12(5-2-10)23(20,21)22/h1-7,9H,8H2,(H2,16,19)(H2,20,21,22). The van der Waals surface area contributed by atoms with Crippen LogP contribution < -0.4 is 11.0 Å². The summed E-state index contributed by atoms with van der Waals surface area (Å²) < 4.78 is 13.0. The molecule has 0 radical (unpaired) electrons. The predicted molar refractivity (Wildman–Crippen MR) is 85.5 cm³/mol. The van der Waals surface area contributed by atoms with E-state index in [9.17, 15) is 9.36 Å². The summed E-state index contributed by atoms with van der Waals surface area (Å²) in [5.41, 5.74) is 8.02. The minimum atomic E-state index is -4.23. The summed E-state index contributed by atoms with van der Waals surface area (Å²) in [6.45, 7) is 0.494. The molecule has 0 saturated heterocycles. The summed E-state index contributed by atoms with van der Waals surface area (Å²) in [7, 11) is -4.23. The molecular formula is C15H14N3O4P. The van der Waals surface area contributed by atoms with Gasteiger partial charge in [-0.1, -0.05) is 12.1 Å². The van der Waals surface area contributed by atoms with Crippen molar-refractivity contribution in [1.29, 1.82) is 0 Å². The van der Waals surface area contributed by atoms with Gasteiger partial charge < -0.3 is 20.1 Å². The van der Waals surface area contributed by atoms with Crippen LogP contribution in [0.1, 0.15) is 15.9 Å². The van der Waals surface area contributed by atoms with Crippen LogP contribution >= 0.6 is 7.60 Å². The van der Waals surface area contributed by atoms with E-state index in [0.717, 1.165) is 11.1 Å². The van der Waals surface area contributed by atoms with Crippen molar-refractivity contribution in [1.82, 2.24) is 9.55 Å². The molecule has 1 aromatic heterocycles. The quantitative estimate of drug-likeness (QED) is 0.616. The molecule has 23 heavy (non-hydrogen) atoms. The largest absolute Gasteiger partial charge is 0.366 e. The summed E-state index contributed by atoms with van der Waals surface area (Å²) in [6, 6.07) is 11.2.